The van der Waals surface area contributed by atoms with Crippen LogP contribution in [0.1, 0.15) is 27.8 Å². The second-order valence-electron chi connectivity index (χ2n) is 6.50. The van der Waals surface area contributed by atoms with Crippen LogP contribution in [-0.2, 0) is 11.3 Å². The van der Waals surface area contributed by atoms with Crippen LogP contribution in [0.4, 0.5) is 10.5 Å². The number of non-ortho nitro benzene ring substituents is 1. The average Bonchev–Trinajstić information content (AvgIpc) is 2.86. The second kappa shape index (κ2) is 7.36. The highest BCUT2D eigenvalue weighted by molar-refractivity contribution is 8.18. The van der Waals surface area contributed by atoms with Gasteiger partial charge in [-0.3, -0.25) is 24.6 Å². The Bertz CT molecular complexity index is 957. The zero-order valence-corrected chi connectivity index (χ0v) is 16.0. The van der Waals surface area contributed by atoms with Crippen LogP contribution in [0.15, 0.2) is 41.3 Å². The molecule has 1 heterocycles. The van der Waals surface area contributed by atoms with Gasteiger partial charge in [0.05, 0.1) is 16.4 Å². The fraction of sp³-hybridized carbons (Fsp3) is 0.200. The van der Waals surface area contributed by atoms with E-state index in [1.165, 1.54) is 12.1 Å². The maximum Gasteiger partial charge on any atom is 0.293 e. The molecule has 3 rings (SSSR count). The Morgan fingerprint density at radius 1 is 1.07 bits per heavy atom. The molecule has 1 saturated heterocycles. The number of amides is 2. The predicted molar refractivity (Wildman–Crippen MR) is 105 cm³/mol. The molecule has 1 fully saturated rings. The van der Waals surface area contributed by atoms with Crippen LogP contribution < -0.4 is 0 Å². The lowest BCUT2D eigenvalue weighted by Gasteiger charge is -2.12. The fourth-order valence-electron chi connectivity index (χ4n) is 3.09. The third-order valence-electron chi connectivity index (χ3n) is 4.37. The van der Waals surface area contributed by atoms with E-state index in [-0.39, 0.29) is 23.4 Å². The number of nitro groups is 1. The molecule has 1 aliphatic heterocycles. The van der Waals surface area contributed by atoms with Gasteiger partial charge in [-0.05, 0) is 60.9 Å². The number of aryl methyl sites for hydroxylation is 3. The first-order chi connectivity index (χ1) is 12.8. The number of carbonyl (C=O) groups is 2. The monoisotopic (exact) mass is 382 g/mol. The van der Waals surface area contributed by atoms with Gasteiger partial charge in [0.25, 0.3) is 16.8 Å². The van der Waals surface area contributed by atoms with Crippen LogP contribution in [0.2, 0.25) is 0 Å². The molecule has 0 saturated carbocycles. The molecule has 1 aliphatic rings. The van der Waals surface area contributed by atoms with Crippen molar-refractivity contribution in [2.75, 3.05) is 0 Å². The Morgan fingerprint density at radius 3 is 2.22 bits per heavy atom. The highest BCUT2D eigenvalue weighted by atomic mass is 32.2. The minimum absolute atomic E-state index is 0.0295. The summed E-state index contributed by atoms with van der Waals surface area (Å²) >= 11 is 0.916. The molecule has 2 amide bonds. The lowest BCUT2D eigenvalue weighted by molar-refractivity contribution is -0.384. The Kier molecular flexibility index (Phi) is 5.14. The third kappa shape index (κ3) is 3.93. The summed E-state index contributed by atoms with van der Waals surface area (Å²) in [5.74, 6) is -0.345. The van der Waals surface area contributed by atoms with Crippen molar-refractivity contribution in [1.82, 2.24) is 4.90 Å². The predicted octanol–water partition coefficient (Wildman–Crippen LogP) is 4.76. The van der Waals surface area contributed by atoms with Gasteiger partial charge in [-0.1, -0.05) is 29.8 Å². The molecule has 0 atom stereocenters. The number of hydrogen-bond donors (Lipinski definition) is 0. The number of benzene rings is 2. The van der Waals surface area contributed by atoms with Crippen molar-refractivity contribution in [3.05, 3.63) is 79.2 Å². The van der Waals surface area contributed by atoms with Crippen LogP contribution >= 0.6 is 11.8 Å². The second-order valence-corrected chi connectivity index (χ2v) is 7.50. The maximum atomic E-state index is 12.7. The molecular formula is C20H18N2O4S. The number of imide groups is 1. The average molecular weight is 382 g/mol. The number of nitrogens with zero attached hydrogens (tertiary/aromatic N) is 2. The van der Waals surface area contributed by atoms with Crippen LogP contribution in [0.5, 0.6) is 0 Å². The number of carbonyl (C=O) groups excluding carboxylic acids is 2. The minimum Gasteiger partial charge on any atom is -0.268 e. The normalized spacial score (nSPS) is 15.7. The number of hydrogen-bond acceptors (Lipinski definition) is 5. The largest absolute Gasteiger partial charge is 0.293 e. The molecular weight excluding hydrogens is 364 g/mol. The summed E-state index contributed by atoms with van der Waals surface area (Å²) in [6, 6.07) is 9.92. The highest BCUT2D eigenvalue weighted by Gasteiger charge is 2.35. The third-order valence-corrected chi connectivity index (χ3v) is 5.28. The lowest BCUT2D eigenvalue weighted by Crippen LogP contribution is -2.27. The SMILES string of the molecule is Cc1cc(C)c(/C=C2\SC(=O)N(Cc3ccc([N+](=O)[O-])cc3)C2=O)c(C)c1. The molecule has 0 radical (unpaired) electrons. The molecule has 0 aromatic heterocycles. The molecule has 2 aromatic carbocycles. The van der Waals surface area contributed by atoms with Crippen molar-refractivity contribution >= 4 is 34.7 Å². The molecule has 0 aliphatic carbocycles. The van der Waals surface area contributed by atoms with Gasteiger partial charge in [-0.15, -0.1) is 0 Å². The summed E-state index contributed by atoms with van der Waals surface area (Å²) in [6.07, 6.45) is 1.77. The van der Waals surface area contributed by atoms with Gasteiger partial charge in [0.2, 0.25) is 0 Å². The molecule has 7 heteroatoms. The molecule has 0 unspecified atom stereocenters. The van der Waals surface area contributed by atoms with Gasteiger partial charge in [0, 0.05) is 12.1 Å². The quantitative estimate of drug-likeness (QED) is 0.433. The van der Waals surface area contributed by atoms with Gasteiger partial charge < -0.3 is 0 Å². The molecule has 138 valence electrons. The highest BCUT2D eigenvalue weighted by Crippen LogP contribution is 2.34. The van der Waals surface area contributed by atoms with E-state index in [1.54, 1.807) is 18.2 Å². The zero-order valence-electron chi connectivity index (χ0n) is 15.2. The maximum absolute atomic E-state index is 12.7. The number of rotatable bonds is 4. The zero-order chi connectivity index (χ0) is 19.7. The summed E-state index contributed by atoms with van der Waals surface area (Å²) in [7, 11) is 0. The van der Waals surface area contributed by atoms with Crippen molar-refractivity contribution in [2.45, 2.75) is 27.3 Å². The van der Waals surface area contributed by atoms with Crippen molar-refractivity contribution in [3.8, 4) is 0 Å². The topological polar surface area (TPSA) is 80.5 Å². The minimum atomic E-state index is -0.487. The Labute approximate surface area is 161 Å². The van der Waals surface area contributed by atoms with Gasteiger partial charge in [0.1, 0.15) is 0 Å². The molecule has 0 bridgehead atoms. The number of nitro benzene ring substituents is 1. The standard InChI is InChI=1S/C20H18N2O4S/c1-12-8-13(2)17(14(3)9-12)10-18-19(23)21(20(24)27-18)11-15-4-6-16(7-5-15)22(25)26/h4-10H,11H2,1-3H3/b18-10-. The Hall–Kier alpha value is -2.93. The fourth-order valence-corrected chi connectivity index (χ4v) is 3.91. The first-order valence-electron chi connectivity index (χ1n) is 8.33. The smallest absolute Gasteiger partial charge is 0.268 e. The summed E-state index contributed by atoms with van der Waals surface area (Å²) in [5, 5.41) is 10.4. The molecule has 2 aromatic rings. The van der Waals surface area contributed by atoms with Gasteiger partial charge >= 0.3 is 0 Å². The Balaban J connectivity index is 1.84. The first kappa shape index (κ1) is 18.8. The summed E-state index contributed by atoms with van der Waals surface area (Å²) < 4.78 is 0. The van der Waals surface area contributed by atoms with E-state index in [0.29, 0.717) is 10.5 Å². The van der Waals surface area contributed by atoms with E-state index >= 15 is 0 Å². The van der Waals surface area contributed by atoms with E-state index in [2.05, 4.69) is 0 Å². The van der Waals surface area contributed by atoms with Crippen LogP contribution in [0, 0.1) is 30.9 Å². The first-order valence-corrected chi connectivity index (χ1v) is 9.14. The van der Waals surface area contributed by atoms with Crippen LogP contribution in [0.25, 0.3) is 6.08 Å². The van der Waals surface area contributed by atoms with E-state index in [0.717, 1.165) is 38.9 Å². The van der Waals surface area contributed by atoms with Crippen molar-refractivity contribution in [3.63, 3.8) is 0 Å². The van der Waals surface area contributed by atoms with E-state index < -0.39 is 4.92 Å². The van der Waals surface area contributed by atoms with E-state index in [4.69, 9.17) is 0 Å². The van der Waals surface area contributed by atoms with Gasteiger partial charge in [-0.25, -0.2) is 0 Å². The molecule has 0 spiro atoms. The van der Waals surface area contributed by atoms with Gasteiger partial charge in [0.15, 0.2) is 0 Å². The number of thioether (sulfide) groups is 1. The molecule has 27 heavy (non-hydrogen) atoms. The van der Waals surface area contributed by atoms with Gasteiger partial charge in [-0.2, -0.15) is 0 Å². The van der Waals surface area contributed by atoms with Crippen molar-refractivity contribution in [2.24, 2.45) is 0 Å². The van der Waals surface area contributed by atoms with E-state index in [1.807, 2.05) is 32.9 Å². The summed E-state index contributed by atoms with van der Waals surface area (Å²) in [6.45, 7) is 6.06. The summed E-state index contributed by atoms with van der Waals surface area (Å²) in [4.78, 5) is 36.8. The van der Waals surface area contributed by atoms with Crippen molar-refractivity contribution < 1.29 is 14.5 Å². The lowest BCUT2D eigenvalue weighted by atomic mass is 9.99. The van der Waals surface area contributed by atoms with E-state index in [9.17, 15) is 19.7 Å². The summed E-state index contributed by atoms with van der Waals surface area (Å²) in [5.41, 5.74) is 4.82. The van der Waals surface area contributed by atoms with Crippen molar-refractivity contribution in [1.29, 1.82) is 0 Å². The molecule has 6 nitrogen and oxygen atoms in total. The van der Waals surface area contributed by atoms with Crippen LogP contribution in [0.3, 0.4) is 0 Å². The Morgan fingerprint density at radius 2 is 1.67 bits per heavy atom. The van der Waals surface area contributed by atoms with Crippen LogP contribution in [-0.4, -0.2) is 21.0 Å². The molecule has 0 N–H and O–H groups in total.